The molecule has 2 aromatic heterocycles. The lowest BCUT2D eigenvalue weighted by Gasteiger charge is -2.14. The van der Waals surface area contributed by atoms with Crippen LogP contribution in [0.15, 0.2) is 16.8 Å². The second-order valence-electron chi connectivity index (χ2n) is 5.21. The van der Waals surface area contributed by atoms with Crippen molar-refractivity contribution >= 4 is 0 Å². The smallest absolute Gasteiger partial charge is 0.228 e. The monoisotopic (exact) mass is 273 g/mol. The Hall–Kier alpha value is -1.82. The molecule has 0 amide bonds. The van der Waals surface area contributed by atoms with Gasteiger partial charge in [-0.25, -0.2) is 9.97 Å². The number of aromatic nitrogens is 4. The van der Waals surface area contributed by atoms with E-state index in [0.29, 0.717) is 29.3 Å². The van der Waals surface area contributed by atoms with Crippen LogP contribution >= 0.6 is 0 Å². The number of nitrogens with zero attached hydrogens (tertiary/aromatic N) is 4. The summed E-state index contributed by atoms with van der Waals surface area (Å²) in [7, 11) is 0. The van der Waals surface area contributed by atoms with Crippen molar-refractivity contribution in [3.05, 3.63) is 24.0 Å². The van der Waals surface area contributed by atoms with Gasteiger partial charge in [0.1, 0.15) is 11.5 Å². The molecule has 0 saturated heterocycles. The Morgan fingerprint density at radius 3 is 2.95 bits per heavy atom. The van der Waals surface area contributed by atoms with Crippen molar-refractivity contribution in [3.8, 4) is 11.5 Å². The third-order valence-corrected chi connectivity index (χ3v) is 3.53. The second-order valence-corrected chi connectivity index (χ2v) is 5.21. The van der Waals surface area contributed by atoms with Gasteiger partial charge in [-0.3, -0.25) is 0 Å². The average molecular weight is 273 g/mol. The summed E-state index contributed by atoms with van der Waals surface area (Å²) in [6.07, 6.45) is 5.09. The van der Waals surface area contributed by atoms with Crippen LogP contribution in [-0.2, 0) is 6.42 Å². The molecule has 1 N–H and O–H groups in total. The topological polar surface area (TPSA) is 76.7 Å². The van der Waals surface area contributed by atoms with Gasteiger partial charge in [-0.1, -0.05) is 12.1 Å². The molecule has 6 nitrogen and oxygen atoms in total. The summed E-state index contributed by atoms with van der Waals surface area (Å²) >= 11 is 0. The zero-order chi connectivity index (χ0) is 13.9. The third-order valence-electron chi connectivity index (χ3n) is 3.53. The molecule has 106 valence electrons. The first-order chi connectivity index (χ1) is 9.76. The van der Waals surface area contributed by atoms with E-state index in [9.17, 15) is 0 Å². The van der Waals surface area contributed by atoms with Crippen molar-refractivity contribution in [1.29, 1.82) is 0 Å². The zero-order valence-corrected chi connectivity index (χ0v) is 11.8. The molecule has 1 aliphatic carbocycles. The lowest BCUT2D eigenvalue weighted by Crippen LogP contribution is -2.33. The van der Waals surface area contributed by atoms with Gasteiger partial charge >= 0.3 is 0 Å². The van der Waals surface area contributed by atoms with Crippen LogP contribution < -0.4 is 5.32 Å². The van der Waals surface area contributed by atoms with E-state index in [1.165, 1.54) is 12.8 Å². The third kappa shape index (κ3) is 3.01. The highest BCUT2D eigenvalue weighted by Crippen LogP contribution is 2.34. The molecule has 3 rings (SSSR count). The predicted molar refractivity (Wildman–Crippen MR) is 74.0 cm³/mol. The predicted octanol–water partition coefficient (Wildman–Crippen LogP) is 1.77. The summed E-state index contributed by atoms with van der Waals surface area (Å²) in [5.74, 6) is 2.68. The van der Waals surface area contributed by atoms with Crippen molar-refractivity contribution in [3.63, 3.8) is 0 Å². The Kier molecular flexibility index (Phi) is 3.73. The van der Waals surface area contributed by atoms with E-state index in [4.69, 9.17) is 4.52 Å². The van der Waals surface area contributed by atoms with Crippen molar-refractivity contribution in [1.82, 2.24) is 25.4 Å². The Morgan fingerprint density at radius 2 is 2.25 bits per heavy atom. The first-order valence-corrected chi connectivity index (χ1v) is 7.12. The van der Waals surface area contributed by atoms with Gasteiger partial charge in [-0.15, -0.1) is 0 Å². The average Bonchev–Trinajstić information content (AvgIpc) is 3.18. The molecule has 20 heavy (non-hydrogen) atoms. The van der Waals surface area contributed by atoms with Crippen molar-refractivity contribution in [2.75, 3.05) is 6.54 Å². The van der Waals surface area contributed by atoms with E-state index in [1.54, 1.807) is 12.3 Å². The second kappa shape index (κ2) is 5.66. The first-order valence-electron chi connectivity index (χ1n) is 7.12. The fourth-order valence-electron chi connectivity index (χ4n) is 2.38. The lowest BCUT2D eigenvalue weighted by molar-refractivity contribution is 0.348. The maximum atomic E-state index is 5.35. The van der Waals surface area contributed by atoms with Gasteiger partial charge in [0.2, 0.25) is 11.7 Å². The van der Waals surface area contributed by atoms with Crippen LogP contribution in [0.2, 0.25) is 0 Å². The van der Waals surface area contributed by atoms with Crippen LogP contribution in [-0.4, -0.2) is 32.7 Å². The van der Waals surface area contributed by atoms with Crippen LogP contribution in [0.4, 0.5) is 0 Å². The fourth-order valence-corrected chi connectivity index (χ4v) is 2.38. The minimum Gasteiger partial charge on any atom is -0.339 e. The summed E-state index contributed by atoms with van der Waals surface area (Å²) in [6.45, 7) is 4.93. The van der Waals surface area contributed by atoms with Gasteiger partial charge in [0.25, 0.3) is 0 Å². The first kappa shape index (κ1) is 13.2. The molecule has 1 atom stereocenters. The number of hydrogen-bond acceptors (Lipinski definition) is 6. The standard InChI is InChI=1S/C14H19N5O/c1-3-15-12(10-4-5-10)8-13-18-14(19-20-13)11-6-7-16-9(2)17-11/h6-7,10,12,15H,3-5,8H2,1-2H3. The quantitative estimate of drug-likeness (QED) is 0.864. The van der Waals surface area contributed by atoms with Crippen LogP contribution in [0.5, 0.6) is 0 Å². The van der Waals surface area contributed by atoms with Crippen LogP contribution in [0.1, 0.15) is 31.5 Å². The van der Waals surface area contributed by atoms with Crippen LogP contribution in [0.3, 0.4) is 0 Å². The number of likely N-dealkylation sites (N-methyl/N-ethyl adjacent to an activating group) is 1. The van der Waals surface area contributed by atoms with Crippen LogP contribution in [0, 0.1) is 12.8 Å². The fraction of sp³-hybridized carbons (Fsp3) is 0.571. The van der Waals surface area contributed by atoms with Gasteiger partial charge < -0.3 is 9.84 Å². The highest BCUT2D eigenvalue weighted by Gasteiger charge is 2.32. The molecule has 0 aromatic carbocycles. The molecule has 1 unspecified atom stereocenters. The number of rotatable bonds is 6. The highest BCUT2D eigenvalue weighted by molar-refractivity contribution is 5.46. The maximum Gasteiger partial charge on any atom is 0.228 e. The van der Waals surface area contributed by atoms with Gasteiger partial charge in [0, 0.05) is 18.7 Å². The molecule has 0 radical (unpaired) electrons. The van der Waals surface area contributed by atoms with Gasteiger partial charge in [-0.05, 0) is 38.3 Å². The molecule has 6 heteroatoms. The highest BCUT2D eigenvalue weighted by atomic mass is 16.5. The van der Waals surface area contributed by atoms with E-state index in [1.807, 2.05) is 6.92 Å². The van der Waals surface area contributed by atoms with E-state index < -0.39 is 0 Å². The molecular formula is C14H19N5O. The molecule has 1 aliphatic rings. The lowest BCUT2D eigenvalue weighted by atomic mass is 10.1. The van der Waals surface area contributed by atoms with Gasteiger partial charge in [0.05, 0.1) is 0 Å². The Balaban J connectivity index is 1.73. The molecular weight excluding hydrogens is 254 g/mol. The summed E-state index contributed by atoms with van der Waals surface area (Å²) in [5.41, 5.74) is 0.707. The Morgan fingerprint density at radius 1 is 1.40 bits per heavy atom. The molecule has 0 aliphatic heterocycles. The largest absolute Gasteiger partial charge is 0.339 e. The number of aryl methyl sites for hydroxylation is 1. The number of nitrogens with one attached hydrogen (secondary N) is 1. The minimum absolute atomic E-state index is 0.445. The van der Waals surface area contributed by atoms with Gasteiger partial charge in [-0.2, -0.15) is 4.98 Å². The van der Waals surface area contributed by atoms with Crippen molar-refractivity contribution in [2.24, 2.45) is 5.92 Å². The molecule has 2 aromatic rings. The molecule has 2 heterocycles. The molecule has 1 saturated carbocycles. The molecule has 0 bridgehead atoms. The molecule has 1 fully saturated rings. The van der Waals surface area contributed by atoms with Crippen molar-refractivity contribution in [2.45, 2.75) is 39.2 Å². The maximum absolute atomic E-state index is 5.35. The normalized spacial score (nSPS) is 16.3. The van der Waals surface area contributed by atoms with E-state index in [0.717, 1.165) is 18.9 Å². The summed E-state index contributed by atoms with van der Waals surface area (Å²) in [6, 6.07) is 2.24. The van der Waals surface area contributed by atoms with E-state index in [2.05, 4.69) is 32.3 Å². The SMILES string of the molecule is CCNC(Cc1nc(-c2ccnc(C)n2)no1)C1CC1. The number of hydrogen-bond donors (Lipinski definition) is 1. The Labute approximate surface area is 118 Å². The van der Waals surface area contributed by atoms with E-state index in [-0.39, 0.29) is 0 Å². The summed E-state index contributed by atoms with van der Waals surface area (Å²) in [5, 5.41) is 7.51. The summed E-state index contributed by atoms with van der Waals surface area (Å²) in [4.78, 5) is 12.8. The molecule has 0 spiro atoms. The zero-order valence-electron chi connectivity index (χ0n) is 11.8. The summed E-state index contributed by atoms with van der Waals surface area (Å²) < 4.78 is 5.35. The van der Waals surface area contributed by atoms with E-state index >= 15 is 0 Å². The van der Waals surface area contributed by atoms with Gasteiger partial charge in [0.15, 0.2) is 0 Å². The van der Waals surface area contributed by atoms with Crippen molar-refractivity contribution < 1.29 is 4.52 Å². The minimum atomic E-state index is 0.445. The van der Waals surface area contributed by atoms with Crippen LogP contribution in [0.25, 0.3) is 11.5 Å². The Bertz CT molecular complexity index is 578.